The normalized spacial score (nSPS) is 12.4. The molecule has 1 aromatic heterocycles. The summed E-state index contributed by atoms with van der Waals surface area (Å²) in [6, 6.07) is 10.1. The van der Waals surface area contributed by atoms with Crippen LogP contribution in [-0.2, 0) is 28.6 Å². The Bertz CT molecular complexity index is 659. The summed E-state index contributed by atoms with van der Waals surface area (Å²) < 4.78 is 5.88. The van der Waals surface area contributed by atoms with Gasteiger partial charge in [0.25, 0.3) is 0 Å². The van der Waals surface area contributed by atoms with Crippen molar-refractivity contribution in [3.05, 3.63) is 58.9 Å². The van der Waals surface area contributed by atoms with Crippen LogP contribution >= 0.6 is 0 Å². The molecule has 0 aliphatic rings. The summed E-state index contributed by atoms with van der Waals surface area (Å²) in [5.74, 6) is 0.414. The Labute approximate surface area is 152 Å². The lowest BCUT2D eigenvalue weighted by molar-refractivity contribution is 0.123. The van der Waals surface area contributed by atoms with Crippen LogP contribution in [0.25, 0.3) is 0 Å². The molecule has 0 saturated carbocycles. The Hall–Kier alpha value is -1.87. The minimum Gasteiger partial charge on any atom is -0.507 e. The number of hydrogen-bond acceptors (Lipinski definition) is 3. The third-order valence-electron chi connectivity index (χ3n) is 4.28. The molecular formula is C22H31NO2. The molecule has 1 heterocycles. The maximum atomic E-state index is 10.8. The van der Waals surface area contributed by atoms with Gasteiger partial charge in [0.05, 0.1) is 13.2 Å². The molecule has 0 unspecified atom stereocenters. The second-order valence-electron chi connectivity index (χ2n) is 8.66. The average Bonchev–Trinajstić information content (AvgIpc) is 2.51. The van der Waals surface area contributed by atoms with Crippen molar-refractivity contribution in [3.8, 4) is 5.75 Å². The zero-order valence-electron chi connectivity index (χ0n) is 16.4. The van der Waals surface area contributed by atoms with Crippen molar-refractivity contribution in [2.24, 2.45) is 0 Å². The molecule has 25 heavy (non-hydrogen) atoms. The number of phenols is 1. The third kappa shape index (κ3) is 5.30. The van der Waals surface area contributed by atoms with E-state index in [1.807, 2.05) is 18.2 Å². The highest BCUT2D eigenvalue weighted by Gasteiger charge is 2.26. The van der Waals surface area contributed by atoms with Crippen LogP contribution in [0.5, 0.6) is 5.75 Å². The Morgan fingerprint density at radius 1 is 0.960 bits per heavy atom. The topological polar surface area (TPSA) is 42.4 Å². The number of aromatic nitrogens is 1. The second kappa shape index (κ2) is 7.57. The molecular weight excluding hydrogens is 310 g/mol. The van der Waals surface area contributed by atoms with Gasteiger partial charge in [0.2, 0.25) is 0 Å². The van der Waals surface area contributed by atoms with Gasteiger partial charge in [0, 0.05) is 18.3 Å². The number of ether oxygens (including phenoxy) is 1. The maximum Gasteiger partial charge on any atom is 0.123 e. The number of nitrogens with zero attached hydrogens (tertiary/aromatic N) is 1. The first kappa shape index (κ1) is 19.5. The lowest BCUT2D eigenvalue weighted by Gasteiger charge is -2.28. The van der Waals surface area contributed by atoms with E-state index in [9.17, 15) is 5.11 Å². The zero-order valence-corrected chi connectivity index (χ0v) is 16.4. The largest absolute Gasteiger partial charge is 0.507 e. The van der Waals surface area contributed by atoms with E-state index in [4.69, 9.17) is 4.74 Å². The fraction of sp³-hybridized carbons (Fsp3) is 0.500. The van der Waals surface area contributed by atoms with Gasteiger partial charge in [-0.3, -0.25) is 4.98 Å². The molecule has 0 aliphatic carbocycles. The van der Waals surface area contributed by atoms with Gasteiger partial charge in [-0.1, -0.05) is 47.6 Å². The van der Waals surface area contributed by atoms with Gasteiger partial charge >= 0.3 is 0 Å². The lowest BCUT2D eigenvalue weighted by atomic mass is 9.78. The van der Waals surface area contributed by atoms with E-state index >= 15 is 0 Å². The van der Waals surface area contributed by atoms with Crippen LogP contribution in [0.2, 0.25) is 0 Å². The monoisotopic (exact) mass is 341 g/mol. The number of hydrogen-bond donors (Lipinski definition) is 1. The van der Waals surface area contributed by atoms with Crippen molar-refractivity contribution < 1.29 is 9.84 Å². The number of phenolic OH excluding ortho intramolecular Hbond substituents is 1. The van der Waals surface area contributed by atoms with Crippen molar-refractivity contribution >= 4 is 0 Å². The first-order valence-corrected chi connectivity index (χ1v) is 8.93. The van der Waals surface area contributed by atoms with E-state index in [2.05, 4.69) is 58.7 Å². The molecule has 136 valence electrons. The Balaban J connectivity index is 2.14. The van der Waals surface area contributed by atoms with Crippen molar-refractivity contribution in [1.82, 2.24) is 4.98 Å². The quantitative estimate of drug-likeness (QED) is 0.766. The van der Waals surface area contributed by atoms with E-state index < -0.39 is 0 Å². The predicted molar refractivity (Wildman–Crippen MR) is 103 cm³/mol. The third-order valence-corrected chi connectivity index (χ3v) is 4.28. The van der Waals surface area contributed by atoms with Gasteiger partial charge in [-0.25, -0.2) is 0 Å². The fourth-order valence-electron chi connectivity index (χ4n) is 2.83. The van der Waals surface area contributed by atoms with E-state index in [0.717, 1.165) is 28.8 Å². The van der Waals surface area contributed by atoms with Crippen LogP contribution in [0, 0.1) is 0 Å². The summed E-state index contributed by atoms with van der Waals surface area (Å²) in [5.41, 5.74) is 3.86. The van der Waals surface area contributed by atoms with Crippen LogP contribution in [0.15, 0.2) is 36.5 Å². The molecule has 1 N–H and O–H groups in total. The summed E-state index contributed by atoms with van der Waals surface area (Å²) in [6.07, 6.45) is 2.61. The first-order chi connectivity index (χ1) is 11.6. The minimum absolute atomic E-state index is 0.117. The van der Waals surface area contributed by atoms with Crippen molar-refractivity contribution in [2.75, 3.05) is 6.61 Å². The number of rotatable bonds is 5. The number of aromatic hydroxyl groups is 1. The predicted octanol–water partition coefficient (Wildman–Crippen LogP) is 5.14. The molecule has 0 radical (unpaired) electrons. The summed E-state index contributed by atoms with van der Waals surface area (Å²) >= 11 is 0. The fourth-order valence-corrected chi connectivity index (χ4v) is 2.83. The summed E-state index contributed by atoms with van der Waals surface area (Å²) in [4.78, 5) is 4.31. The maximum absolute atomic E-state index is 10.8. The molecule has 2 rings (SSSR count). The van der Waals surface area contributed by atoms with Gasteiger partial charge in [-0.15, -0.1) is 0 Å². The Kier molecular flexibility index (Phi) is 5.89. The minimum atomic E-state index is -0.117. The lowest BCUT2D eigenvalue weighted by Crippen LogP contribution is -2.18. The van der Waals surface area contributed by atoms with Crippen LogP contribution in [0.3, 0.4) is 0 Å². The van der Waals surface area contributed by atoms with Gasteiger partial charge in [0.1, 0.15) is 5.75 Å². The van der Waals surface area contributed by atoms with Gasteiger partial charge in [-0.2, -0.15) is 0 Å². The SMILES string of the molecule is CC(C)(C)c1cc(COCCc2ccccn2)cc(C(C)(C)C)c1O. The van der Waals surface area contributed by atoms with Crippen LogP contribution in [-0.4, -0.2) is 16.7 Å². The zero-order chi connectivity index (χ0) is 18.7. The molecule has 0 amide bonds. The highest BCUT2D eigenvalue weighted by atomic mass is 16.5. The average molecular weight is 341 g/mol. The van der Waals surface area contributed by atoms with Gasteiger partial charge in [0.15, 0.2) is 0 Å². The Morgan fingerprint density at radius 2 is 1.56 bits per heavy atom. The summed E-state index contributed by atoms with van der Waals surface area (Å²) in [7, 11) is 0. The molecule has 2 aromatic rings. The first-order valence-electron chi connectivity index (χ1n) is 8.93. The van der Waals surface area contributed by atoms with Crippen LogP contribution in [0.4, 0.5) is 0 Å². The molecule has 1 aromatic carbocycles. The standard InChI is InChI=1S/C22H31NO2/c1-21(2,3)18-13-16(14-19(20(18)24)22(4,5)6)15-25-12-10-17-9-7-8-11-23-17/h7-9,11,13-14,24H,10,12,15H2,1-6H3. The molecule has 0 saturated heterocycles. The van der Waals surface area contributed by atoms with E-state index in [1.165, 1.54) is 0 Å². The highest BCUT2D eigenvalue weighted by molar-refractivity contribution is 5.49. The van der Waals surface area contributed by atoms with Crippen LogP contribution < -0.4 is 0 Å². The van der Waals surface area contributed by atoms with Crippen molar-refractivity contribution in [2.45, 2.75) is 65.4 Å². The van der Waals surface area contributed by atoms with E-state index in [1.54, 1.807) is 6.20 Å². The summed E-state index contributed by atoms with van der Waals surface area (Å²) in [5, 5.41) is 10.8. The molecule has 0 atom stereocenters. The van der Waals surface area contributed by atoms with E-state index in [0.29, 0.717) is 19.0 Å². The summed E-state index contributed by atoms with van der Waals surface area (Å²) in [6.45, 7) is 13.9. The van der Waals surface area contributed by atoms with Gasteiger partial charge in [-0.05, 0) is 51.8 Å². The van der Waals surface area contributed by atoms with Crippen molar-refractivity contribution in [3.63, 3.8) is 0 Å². The van der Waals surface area contributed by atoms with Gasteiger partial charge < -0.3 is 9.84 Å². The Morgan fingerprint density at radius 3 is 2.04 bits per heavy atom. The van der Waals surface area contributed by atoms with Crippen molar-refractivity contribution in [1.29, 1.82) is 0 Å². The second-order valence-corrected chi connectivity index (χ2v) is 8.66. The molecule has 0 fully saturated rings. The smallest absolute Gasteiger partial charge is 0.123 e. The molecule has 3 nitrogen and oxygen atoms in total. The highest BCUT2D eigenvalue weighted by Crippen LogP contribution is 2.39. The number of pyridine rings is 1. The van der Waals surface area contributed by atoms with Crippen LogP contribution in [0.1, 0.15) is 63.9 Å². The molecule has 3 heteroatoms. The molecule has 0 spiro atoms. The molecule has 0 aliphatic heterocycles. The molecule has 0 bridgehead atoms. The van der Waals surface area contributed by atoms with E-state index in [-0.39, 0.29) is 10.8 Å². The number of benzene rings is 1.